The van der Waals surface area contributed by atoms with Gasteiger partial charge in [0.2, 0.25) is 0 Å². The average molecular weight is 274 g/mol. The number of ether oxygens (including phenoxy) is 1. The normalized spacial score (nSPS) is 25.8. The molecule has 0 aromatic heterocycles. The molecule has 2 aliphatic rings. The standard InChI is InChI=1S/C15H18N2O3/c1-15(11-7-8-11)13(18)17(14(19)16-15)9-10-20-12-5-3-2-4-6-12/h2-6,11H,7-10H2,1H3,(H,16,19). The van der Waals surface area contributed by atoms with Crippen LogP contribution >= 0.6 is 0 Å². The van der Waals surface area contributed by atoms with Crippen LogP contribution in [0.25, 0.3) is 0 Å². The van der Waals surface area contributed by atoms with Gasteiger partial charge in [0.25, 0.3) is 5.91 Å². The predicted octanol–water partition coefficient (Wildman–Crippen LogP) is 1.79. The molecule has 0 radical (unpaired) electrons. The summed E-state index contributed by atoms with van der Waals surface area (Å²) in [5, 5.41) is 2.82. The number of para-hydroxylation sites is 1. The quantitative estimate of drug-likeness (QED) is 0.833. The fourth-order valence-corrected chi connectivity index (χ4v) is 2.63. The number of rotatable bonds is 5. The maximum absolute atomic E-state index is 12.3. The summed E-state index contributed by atoms with van der Waals surface area (Å²) >= 11 is 0. The number of nitrogens with one attached hydrogen (secondary N) is 1. The van der Waals surface area contributed by atoms with Gasteiger partial charge in [-0.05, 0) is 37.8 Å². The van der Waals surface area contributed by atoms with Crippen molar-refractivity contribution in [2.45, 2.75) is 25.3 Å². The molecule has 1 saturated carbocycles. The van der Waals surface area contributed by atoms with E-state index in [0.717, 1.165) is 18.6 Å². The first kappa shape index (κ1) is 13.0. The molecule has 5 nitrogen and oxygen atoms in total. The number of imide groups is 1. The van der Waals surface area contributed by atoms with Gasteiger partial charge < -0.3 is 10.1 Å². The summed E-state index contributed by atoms with van der Waals surface area (Å²) in [6, 6.07) is 9.06. The van der Waals surface area contributed by atoms with E-state index in [1.165, 1.54) is 4.90 Å². The Kier molecular flexibility index (Phi) is 3.12. The van der Waals surface area contributed by atoms with Crippen LogP contribution in [-0.2, 0) is 4.79 Å². The first-order valence-electron chi connectivity index (χ1n) is 6.93. The minimum absolute atomic E-state index is 0.123. The van der Waals surface area contributed by atoms with Crippen LogP contribution in [0, 0.1) is 5.92 Å². The van der Waals surface area contributed by atoms with Gasteiger partial charge in [0.15, 0.2) is 0 Å². The Bertz CT molecular complexity index is 527. The summed E-state index contributed by atoms with van der Waals surface area (Å²) in [5.74, 6) is 0.908. The van der Waals surface area contributed by atoms with Crippen molar-refractivity contribution < 1.29 is 14.3 Å². The highest BCUT2D eigenvalue weighted by atomic mass is 16.5. The fraction of sp³-hybridized carbons (Fsp3) is 0.467. The molecule has 1 N–H and O–H groups in total. The topological polar surface area (TPSA) is 58.6 Å². The highest BCUT2D eigenvalue weighted by Gasteiger charge is 2.55. The lowest BCUT2D eigenvalue weighted by Crippen LogP contribution is -2.46. The van der Waals surface area contributed by atoms with Gasteiger partial charge in [-0.2, -0.15) is 0 Å². The molecule has 5 heteroatoms. The maximum Gasteiger partial charge on any atom is 0.325 e. The Balaban J connectivity index is 1.58. The number of carbonyl (C=O) groups excluding carboxylic acids is 2. The number of urea groups is 1. The highest BCUT2D eigenvalue weighted by Crippen LogP contribution is 2.42. The van der Waals surface area contributed by atoms with Crippen LogP contribution in [0.15, 0.2) is 30.3 Å². The predicted molar refractivity (Wildman–Crippen MR) is 73.3 cm³/mol. The van der Waals surface area contributed by atoms with Gasteiger partial charge in [0.05, 0.1) is 6.54 Å². The molecule has 1 aromatic rings. The second-order valence-electron chi connectivity index (χ2n) is 5.53. The largest absolute Gasteiger partial charge is 0.492 e. The van der Waals surface area contributed by atoms with Crippen molar-refractivity contribution in [2.75, 3.05) is 13.2 Å². The third-order valence-corrected chi connectivity index (χ3v) is 4.02. The summed E-state index contributed by atoms with van der Waals surface area (Å²) in [5.41, 5.74) is -0.705. The van der Waals surface area contributed by atoms with E-state index in [1.54, 1.807) is 0 Å². The Morgan fingerprint density at radius 3 is 2.65 bits per heavy atom. The number of hydrogen-bond acceptors (Lipinski definition) is 3. The minimum atomic E-state index is -0.705. The van der Waals surface area contributed by atoms with Crippen molar-refractivity contribution in [3.05, 3.63) is 30.3 Å². The molecule has 106 valence electrons. The molecule has 0 bridgehead atoms. The summed E-state index contributed by atoms with van der Waals surface area (Å²) in [6.45, 7) is 2.41. The van der Waals surface area contributed by atoms with E-state index in [1.807, 2.05) is 37.3 Å². The molecule has 2 fully saturated rings. The molecular weight excluding hydrogens is 256 g/mol. The second kappa shape index (κ2) is 4.81. The summed E-state index contributed by atoms with van der Waals surface area (Å²) in [6.07, 6.45) is 2.02. The highest BCUT2D eigenvalue weighted by molar-refractivity contribution is 6.07. The van der Waals surface area contributed by atoms with Crippen LogP contribution in [0.2, 0.25) is 0 Å². The van der Waals surface area contributed by atoms with Gasteiger partial charge in [-0.1, -0.05) is 18.2 Å². The van der Waals surface area contributed by atoms with Gasteiger partial charge in [-0.25, -0.2) is 4.79 Å². The van der Waals surface area contributed by atoms with Crippen molar-refractivity contribution in [1.82, 2.24) is 10.2 Å². The van der Waals surface area contributed by atoms with Gasteiger partial charge in [0, 0.05) is 0 Å². The molecule has 1 saturated heterocycles. The van der Waals surface area contributed by atoms with Crippen molar-refractivity contribution in [3.8, 4) is 5.75 Å². The van der Waals surface area contributed by atoms with E-state index in [0.29, 0.717) is 12.5 Å². The molecular formula is C15H18N2O3. The van der Waals surface area contributed by atoms with Crippen LogP contribution in [0.3, 0.4) is 0 Å². The lowest BCUT2D eigenvalue weighted by atomic mass is 9.96. The fourth-order valence-electron chi connectivity index (χ4n) is 2.63. The van der Waals surface area contributed by atoms with E-state index < -0.39 is 5.54 Å². The summed E-state index contributed by atoms with van der Waals surface area (Å²) in [4.78, 5) is 25.5. The van der Waals surface area contributed by atoms with Gasteiger partial charge >= 0.3 is 6.03 Å². The molecule has 1 unspecified atom stereocenters. The first-order valence-corrected chi connectivity index (χ1v) is 6.93. The Hall–Kier alpha value is -2.04. The number of nitrogens with zero attached hydrogens (tertiary/aromatic N) is 1. The molecule has 3 amide bonds. The van der Waals surface area contributed by atoms with Crippen molar-refractivity contribution in [1.29, 1.82) is 0 Å². The number of amides is 3. The lowest BCUT2D eigenvalue weighted by Gasteiger charge is -2.20. The maximum atomic E-state index is 12.3. The van der Waals surface area contributed by atoms with Crippen LogP contribution in [0.1, 0.15) is 19.8 Å². The Labute approximate surface area is 117 Å². The molecule has 20 heavy (non-hydrogen) atoms. The zero-order valence-corrected chi connectivity index (χ0v) is 11.5. The molecule has 1 aliphatic carbocycles. The molecule has 3 rings (SSSR count). The number of benzene rings is 1. The summed E-state index contributed by atoms with van der Waals surface area (Å²) < 4.78 is 5.53. The zero-order chi connectivity index (χ0) is 14.2. The van der Waals surface area contributed by atoms with Crippen LogP contribution < -0.4 is 10.1 Å². The summed E-state index contributed by atoms with van der Waals surface area (Å²) in [7, 11) is 0. The van der Waals surface area contributed by atoms with Gasteiger partial charge in [-0.3, -0.25) is 9.69 Å². The van der Waals surface area contributed by atoms with Gasteiger partial charge in [-0.15, -0.1) is 0 Å². The molecule has 1 heterocycles. The van der Waals surface area contributed by atoms with Gasteiger partial charge in [0.1, 0.15) is 17.9 Å². The Morgan fingerprint density at radius 2 is 2.00 bits per heavy atom. The van der Waals surface area contributed by atoms with Crippen molar-refractivity contribution >= 4 is 11.9 Å². The lowest BCUT2D eigenvalue weighted by molar-refractivity contribution is -0.131. The van der Waals surface area contributed by atoms with E-state index in [-0.39, 0.29) is 18.5 Å². The smallest absolute Gasteiger partial charge is 0.325 e. The van der Waals surface area contributed by atoms with Crippen molar-refractivity contribution in [3.63, 3.8) is 0 Å². The second-order valence-corrected chi connectivity index (χ2v) is 5.53. The van der Waals surface area contributed by atoms with E-state index in [2.05, 4.69) is 5.32 Å². The third-order valence-electron chi connectivity index (χ3n) is 4.02. The van der Waals surface area contributed by atoms with E-state index in [4.69, 9.17) is 4.74 Å². The van der Waals surface area contributed by atoms with E-state index in [9.17, 15) is 9.59 Å². The molecule has 1 atom stereocenters. The molecule has 0 spiro atoms. The Morgan fingerprint density at radius 1 is 1.30 bits per heavy atom. The van der Waals surface area contributed by atoms with Crippen LogP contribution in [0.5, 0.6) is 5.75 Å². The number of hydrogen-bond donors (Lipinski definition) is 1. The third kappa shape index (κ3) is 2.24. The number of carbonyl (C=O) groups is 2. The zero-order valence-electron chi connectivity index (χ0n) is 11.5. The average Bonchev–Trinajstić information content (AvgIpc) is 3.25. The van der Waals surface area contributed by atoms with Crippen LogP contribution in [0.4, 0.5) is 4.79 Å². The molecule has 1 aliphatic heterocycles. The van der Waals surface area contributed by atoms with Crippen LogP contribution in [-0.4, -0.2) is 35.5 Å². The minimum Gasteiger partial charge on any atom is -0.492 e. The van der Waals surface area contributed by atoms with Crippen molar-refractivity contribution in [2.24, 2.45) is 5.92 Å². The SMILES string of the molecule is CC1(C2CC2)NC(=O)N(CCOc2ccccc2)C1=O. The van der Waals surface area contributed by atoms with E-state index >= 15 is 0 Å². The first-order chi connectivity index (χ1) is 9.61. The monoisotopic (exact) mass is 274 g/mol. The molecule has 1 aromatic carbocycles.